The summed E-state index contributed by atoms with van der Waals surface area (Å²) < 4.78 is 1.95. The smallest absolute Gasteiger partial charge is 0.326 e. The van der Waals surface area contributed by atoms with Gasteiger partial charge in [-0.05, 0) is 43.5 Å². The van der Waals surface area contributed by atoms with E-state index in [2.05, 4.69) is 20.2 Å². The second-order valence-corrected chi connectivity index (χ2v) is 8.78. The van der Waals surface area contributed by atoms with Crippen LogP contribution in [0.4, 0.5) is 0 Å². The number of aliphatic hydroxyl groups is 1. The first-order valence-corrected chi connectivity index (χ1v) is 11.0. The molecule has 8 nitrogen and oxygen atoms in total. The van der Waals surface area contributed by atoms with Gasteiger partial charge < -0.3 is 15.4 Å². The van der Waals surface area contributed by atoms with Gasteiger partial charge in [-0.3, -0.25) is 14.3 Å². The van der Waals surface area contributed by atoms with Crippen LogP contribution in [0.2, 0.25) is 0 Å². The molecule has 4 rings (SSSR count). The maximum atomic E-state index is 12.0. The third kappa shape index (κ3) is 4.11. The van der Waals surface area contributed by atoms with Crippen LogP contribution in [-0.4, -0.2) is 50.6 Å². The van der Waals surface area contributed by atoms with Crippen LogP contribution in [0.15, 0.2) is 35.1 Å². The van der Waals surface area contributed by atoms with Crippen LogP contribution in [0.25, 0.3) is 10.9 Å². The summed E-state index contributed by atoms with van der Waals surface area (Å²) in [4.78, 5) is 33.4. The summed E-state index contributed by atoms with van der Waals surface area (Å²) in [6.07, 6.45) is 1.15. The van der Waals surface area contributed by atoms with Crippen molar-refractivity contribution in [3.05, 3.63) is 68.0 Å². The lowest BCUT2D eigenvalue weighted by molar-refractivity contribution is -0.0285. The molecule has 1 amide bonds. The van der Waals surface area contributed by atoms with Gasteiger partial charge in [0.2, 0.25) is 0 Å². The average Bonchev–Trinajstić information content (AvgIpc) is 2.78. The molecule has 1 saturated heterocycles. The number of fused-ring (bicyclic) bond motifs is 1. The van der Waals surface area contributed by atoms with Crippen LogP contribution in [-0.2, 0) is 19.2 Å². The predicted molar refractivity (Wildman–Crippen MR) is 125 cm³/mol. The van der Waals surface area contributed by atoms with Gasteiger partial charge in [0.15, 0.2) is 0 Å². The SMILES string of the molecule is CNC(=O)c1ccc(C2(O)CCN(Cc3ccc4c(=S)n(C)c(=O)[nH]c4c3)CC2)c(C)n1. The molecule has 1 aromatic carbocycles. The van der Waals surface area contributed by atoms with E-state index < -0.39 is 5.60 Å². The number of pyridine rings is 1. The monoisotopic (exact) mass is 453 g/mol. The van der Waals surface area contributed by atoms with E-state index in [-0.39, 0.29) is 11.6 Å². The topological polar surface area (TPSA) is 103 Å². The molecule has 3 N–H and O–H groups in total. The van der Waals surface area contributed by atoms with Crippen molar-refractivity contribution in [2.24, 2.45) is 7.05 Å². The van der Waals surface area contributed by atoms with Gasteiger partial charge in [-0.1, -0.05) is 24.4 Å². The van der Waals surface area contributed by atoms with Gasteiger partial charge in [-0.25, -0.2) is 9.78 Å². The lowest BCUT2D eigenvalue weighted by Crippen LogP contribution is -2.42. The van der Waals surface area contributed by atoms with E-state index in [0.29, 0.717) is 35.4 Å². The van der Waals surface area contributed by atoms with Gasteiger partial charge in [-0.15, -0.1) is 0 Å². The maximum Gasteiger partial charge on any atom is 0.326 e. The Balaban J connectivity index is 1.48. The van der Waals surface area contributed by atoms with Crippen LogP contribution >= 0.6 is 12.2 Å². The minimum Gasteiger partial charge on any atom is -0.385 e. The van der Waals surface area contributed by atoms with Crippen LogP contribution in [0.1, 0.15) is 40.2 Å². The molecule has 1 aliphatic heterocycles. The van der Waals surface area contributed by atoms with Crippen molar-refractivity contribution in [3.8, 4) is 0 Å². The maximum absolute atomic E-state index is 12.0. The normalized spacial score (nSPS) is 16.2. The van der Waals surface area contributed by atoms with Crippen LogP contribution in [0, 0.1) is 11.6 Å². The predicted octanol–water partition coefficient (Wildman–Crippen LogP) is 2.14. The molecule has 1 fully saturated rings. The fraction of sp³-hybridized carbons (Fsp3) is 0.391. The molecule has 0 radical (unpaired) electrons. The first-order valence-electron chi connectivity index (χ1n) is 10.6. The van der Waals surface area contributed by atoms with Crippen molar-refractivity contribution >= 4 is 29.0 Å². The molecule has 0 saturated carbocycles. The van der Waals surface area contributed by atoms with E-state index in [9.17, 15) is 14.7 Å². The summed E-state index contributed by atoms with van der Waals surface area (Å²) in [5, 5.41) is 14.7. The lowest BCUT2D eigenvalue weighted by Gasteiger charge is -2.39. The molecule has 0 spiro atoms. The van der Waals surface area contributed by atoms with Gasteiger partial charge in [0.25, 0.3) is 5.91 Å². The first-order chi connectivity index (χ1) is 15.2. The zero-order valence-electron chi connectivity index (χ0n) is 18.4. The summed E-state index contributed by atoms with van der Waals surface area (Å²) >= 11 is 5.38. The molecule has 9 heteroatoms. The number of carbonyl (C=O) groups excluding carboxylic acids is 1. The molecule has 3 heterocycles. The number of nitrogens with zero attached hydrogens (tertiary/aromatic N) is 3. The second-order valence-electron chi connectivity index (χ2n) is 8.39. The Labute approximate surface area is 190 Å². The van der Waals surface area contributed by atoms with Crippen molar-refractivity contribution in [2.45, 2.75) is 31.9 Å². The van der Waals surface area contributed by atoms with Gasteiger partial charge in [0, 0.05) is 50.4 Å². The highest BCUT2D eigenvalue weighted by Gasteiger charge is 2.35. The summed E-state index contributed by atoms with van der Waals surface area (Å²) in [7, 11) is 3.23. The number of nitrogens with one attached hydrogen (secondary N) is 2. The quantitative estimate of drug-likeness (QED) is 0.523. The number of aromatic amines is 1. The van der Waals surface area contributed by atoms with Gasteiger partial charge in [0.05, 0.1) is 11.1 Å². The second kappa shape index (κ2) is 8.57. The molecule has 0 aliphatic carbocycles. The van der Waals surface area contributed by atoms with Crippen molar-refractivity contribution in [1.29, 1.82) is 0 Å². The Kier molecular flexibility index (Phi) is 5.98. The number of benzene rings is 1. The van der Waals surface area contributed by atoms with E-state index in [4.69, 9.17) is 12.2 Å². The highest BCUT2D eigenvalue weighted by Crippen LogP contribution is 2.34. The minimum absolute atomic E-state index is 0.228. The molecule has 3 aromatic rings. The third-order valence-electron chi connectivity index (χ3n) is 6.30. The number of hydrogen-bond acceptors (Lipinski definition) is 6. The number of piperidine rings is 1. The molecule has 0 unspecified atom stereocenters. The van der Waals surface area contributed by atoms with Crippen LogP contribution < -0.4 is 11.0 Å². The van der Waals surface area contributed by atoms with Gasteiger partial charge >= 0.3 is 5.69 Å². The fourth-order valence-electron chi connectivity index (χ4n) is 4.37. The highest BCUT2D eigenvalue weighted by molar-refractivity contribution is 7.71. The lowest BCUT2D eigenvalue weighted by atomic mass is 9.83. The zero-order chi connectivity index (χ0) is 23.0. The van der Waals surface area contributed by atoms with E-state index in [1.165, 1.54) is 4.57 Å². The highest BCUT2D eigenvalue weighted by atomic mass is 32.1. The fourth-order valence-corrected chi connectivity index (χ4v) is 4.63. The van der Waals surface area contributed by atoms with E-state index in [1.807, 2.05) is 31.2 Å². The Hall–Kier alpha value is -2.88. The number of H-pyrrole nitrogens is 1. The summed E-state index contributed by atoms with van der Waals surface area (Å²) in [5.74, 6) is -0.241. The largest absolute Gasteiger partial charge is 0.385 e. The zero-order valence-corrected chi connectivity index (χ0v) is 19.3. The van der Waals surface area contributed by atoms with Crippen molar-refractivity contribution < 1.29 is 9.90 Å². The van der Waals surface area contributed by atoms with Crippen LogP contribution in [0.5, 0.6) is 0 Å². The Morgan fingerprint density at radius 2 is 2.00 bits per heavy atom. The summed E-state index contributed by atoms with van der Waals surface area (Å²) in [5.41, 5.74) is 2.42. The number of hydrogen-bond donors (Lipinski definition) is 3. The van der Waals surface area contributed by atoms with Crippen molar-refractivity contribution in [2.75, 3.05) is 20.1 Å². The van der Waals surface area contributed by atoms with Crippen molar-refractivity contribution in [3.63, 3.8) is 0 Å². The molecule has 0 bridgehead atoms. The van der Waals surface area contributed by atoms with E-state index >= 15 is 0 Å². The average molecular weight is 454 g/mol. The number of aromatic nitrogens is 3. The summed E-state index contributed by atoms with van der Waals surface area (Å²) in [6, 6.07) is 9.43. The molecule has 2 aromatic heterocycles. The number of amides is 1. The molecule has 1 aliphatic rings. The van der Waals surface area contributed by atoms with E-state index in [1.54, 1.807) is 20.2 Å². The van der Waals surface area contributed by atoms with Crippen molar-refractivity contribution in [1.82, 2.24) is 24.8 Å². The molecule has 0 atom stereocenters. The Morgan fingerprint density at radius 1 is 1.28 bits per heavy atom. The molecule has 32 heavy (non-hydrogen) atoms. The Morgan fingerprint density at radius 3 is 2.66 bits per heavy atom. The van der Waals surface area contributed by atoms with Gasteiger partial charge in [-0.2, -0.15) is 0 Å². The molecular formula is C23H27N5O3S. The van der Waals surface area contributed by atoms with Crippen LogP contribution in [0.3, 0.4) is 0 Å². The number of aryl methyl sites for hydroxylation is 1. The molecular weight excluding hydrogens is 426 g/mol. The van der Waals surface area contributed by atoms with E-state index in [0.717, 1.165) is 35.1 Å². The van der Waals surface area contributed by atoms with Gasteiger partial charge in [0.1, 0.15) is 10.3 Å². The number of rotatable bonds is 4. The number of likely N-dealkylation sites (tertiary alicyclic amines) is 1. The molecule has 168 valence electrons. The number of carbonyl (C=O) groups is 1. The standard InChI is InChI=1S/C23H27N5O3S/c1-14-17(6-7-18(25-14)20(29)24-2)23(31)8-10-28(11-9-23)13-15-4-5-16-19(12-15)26-22(30)27(3)21(16)32/h4-7,12,31H,8-11,13H2,1-3H3,(H,24,29)(H,26,30). The Bertz CT molecular complexity index is 1310. The third-order valence-corrected chi connectivity index (χ3v) is 6.80. The first kappa shape index (κ1) is 22.3. The summed E-state index contributed by atoms with van der Waals surface area (Å²) in [6.45, 7) is 3.99. The minimum atomic E-state index is -0.963.